The largest absolute Gasteiger partial charge is 0.507 e. The molecule has 2 aromatic carbocycles. The number of para-hydroxylation sites is 1. The molecule has 0 aliphatic rings. The van der Waals surface area contributed by atoms with Gasteiger partial charge < -0.3 is 9.84 Å². The molecule has 0 unspecified atom stereocenters. The van der Waals surface area contributed by atoms with Gasteiger partial charge in [-0.05, 0) is 96.6 Å². The van der Waals surface area contributed by atoms with Crippen molar-refractivity contribution in [2.24, 2.45) is 0 Å². The molecule has 0 atom stereocenters. The summed E-state index contributed by atoms with van der Waals surface area (Å²) in [5.74, 6) is 1.41. The van der Waals surface area contributed by atoms with Crippen LogP contribution in [-0.2, 0) is 5.41 Å². The summed E-state index contributed by atoms with van der Waals surface area (Å²) in [6.07, 6.45) is 1.71. The van der Waals surface area contributed by atoms with Gasteiger partial charge in [0, 0.05) is 34.8 Å². The van der Waals surface area contributed by atoms with Crippen molar-refractivity contribution >= 4 is 0 Å². The van der Waals surface area contributed by atoms with Crippen LogP contribution < -0.4 is 4.74 Å². The summed E-state index contributed by atoms with van der Waals surface area (Å²) in [5, 5.41) is 10.7. The minimum absolute atomic E-state index is 0.115. The molecule has 190 valence electrons. The van der Waals surface area contributed by atoms with Crippen molar-refractivity contribution in [3.8, 4) is 51.0 Å². The maximum Gasteiger partial charge on any atom is 0.219 e. The Morgan fingerprint density at radius 1 is 0.684 bits per heavy atom. The summed E-state index contributed by atoms with van der Waals surface area (Å²) in [6, 6.07) is 27.4. The van der Waals surface area contributed by atoms with Gasteiger partial charge in [-0.15, -0.1) is 0 Å². The number of hydrogen-bond acceptors (Lipinski definition) is 5. The number of aryl methyl sites for hydroxylation is 2. The van der Waals surface area contributed by atoms with Crippen LogP contribution in [0.15, 0.2) is 91.1 Å². The molecule has 0 fully saturated rings. The third-order valence-electron chi connectivity index (χ3n) is 6.35. The summed E-state index contributed by atoms with van der Waals surface area (Å²) in [5.41, 5.74) is 8.01. The number of phenolic OH excluding ortho intramolecular Hbond substituents is 1. The van der Waals surface area contributed by atoms with Crippen LogP contribution in [0.4, 0.5) is 0 Å². The number of hydrogen-bond donors (Lipinski definition) is 1. The number of nitrogens with zero attached hydrogens (tertiary/aromatic N) is 3. The molecular weight excluding hydrogens is 470 g/mol. The number of aromatic hydroxyl groups is 1. The summed E-state index contributed by atoms with van der Waals surface area (Å²) >= 11 is 0. The minimum atomic E-state index is -0.115. The Morgan fingerprint density at radius 2 is 1.37 bits per heavy atom. The first-order valence-corrected chi connectivity index (χ1v) is 12.7. The van der Waals surface area contributed by atoms with E-state index in [4.69, 9.17) is 9.72 Å². The molecule has 3 aromatic heterocycles. The highest BCUT2D eigenvalue weighted by molar-refractivity contribution is 5.79. The van der Waals surface area contributed by atoms with Crippen LogP contribution in [0.1, 0.15) is 37.7 Å². The van der Waals surface area contributed by atoms with Crippen molar-refractivity contribution in [2.45, 2.75) is 40.0 Å². The van der Waals surface area contributed by atoms with E-state index in [0.717, 1.165) is 39.3 Å². The molecule has 0 amide bonds. The van der Waals surface area contributed by atoms with Crippen LogP contribution in [0.3, 0.4) is 0 Å². The molecule has 5 rings (SSSR count). The first-order chi connectivity index (χ1) is 18.2. The molecule has 0 aliphatic carbocycles. The Morgan fingerprint density at radius 3 is 2.05 bits per heavy atom. The molecule has 0 spiro atoms. The van der Waals surface area contributed by atoms with Crippen molar-refractivity contribution in [3.63, 3.8) is 0 Å². The van der Waals surface area contributed by atoms with Crippen LogP contribution in [0, 0.1) is 13.8 Å². The Balaban J connectivity index is 1.72. The molecule has 5 nitrogen and oxygen atoms in total. The summed E-state index contributed by atoms with van der Waals surface area (Å²) in [7, 11) is 0. The second-order valence-corrected chi connectivity index (χ2v) is 10.5. The fourth-order valence-electron chi connectivity index (χ4n) is 4.44. The predicted octanol–water partition coefficient (Wildman–Crippen LogP) is 8.28. The maximum absolute atomic E-state index is 10.7. The first kappa shape index (κ1) is 25.2. The highest BCUT2D eigenvalue weighted by Gasteiger charge is 2.19. The number of ether oxygens (including phenoxy) is 1. The summed E-state index contributed by atoms with van der Waals surface area (Å²) < 4.78 is 6.17. The first-order valence-electron chi connectivity index (χ1n) is 12.7. The van der Waals surface area contributed by atoms with Gasteiger partial charge in [0.1, 0.15) is 11.5 Å². The quantitative estimate of drug-likeness (QED) is 0.262. The number of pyridine rings is 3. The predicted molar refractivity (Wildman–Crippen MR) is 152 cm³/mol. The van der Waals surface area contributed by atoms with E-state index in [9.17, 15) is 5.11 Å². The summed E-state index contributed by atoms with van der Waals surface area (Å²) in [4.78, 5) is 13.9. The van der Waals surface area contributed by atoms with E-state index in [2.05, 4.69) is 61.1 Å². The molecule has 1 N–H and O–H groups in total. The molecule has 0 saturated heterocycles. The number of rotatable bonds is 5. The zero-order valence-corrected chi connectivity index (χ0v) is 22.4. The van der Waals surface area contributed by atoms with E-state index >= 15 is 0 Å². The standard InChI is InChI=1S/C33H31N3O2/c1-21-14-23(15-22(2)35-21)24-18-29(36-30(19-24)28-10-6-7-11-31(28)37)25-16-26(33(3,4)5)20-27(17-25)38-32-12-8-9-13-34-32/h6-20,37H,1-5H3. The third-order valence-corrected chi connectivity index (χ3v) is 6.35. The Kier molecular flexibility index (Phi) is 6.68. The van der Waals surface area contributed by atoms with Gasteiger partial charge in [-0.1, -0.05) is 39.0 Å². The molecule has 0 radical (unpaired) electrons. The zero-order chi connectivity index (χ0) is 26.9. The third kappa shape index (κ3) is 5.57. The van der Waals surface area contributed by atoms with E-state index < -0.39 is 0 Å². The van der Waals surface area contributed by atoms with Crippen molar-refractivity contribution in [1.82, 2.24) is 15.0 Å². The Labute approximate surface area is 223 Å². The van der Waals surface area contributed by atoms with Crippen molar-refractivity contribution < 1.29 is 9.84 Å². The highest BCUT2D eigenvalue weighted by atomic mass is 16.5. The van der Waals surface area contributed by atoms with Gasteiger partial charge in [0.15, 0.2) is 0 Å². The van der Waals surface area contributed by atoms with Gasteiger partial charge in [-0.2, -0.15) is 0 Å². The SMILES string of the molecule is Cc1cc(-c2cc(-c3cc(Oc4ccccn4)cc(C(C)(C)C)c3)nc(-c3ccccc3O)c2)cc(C)n1. The molecular formula is C33H31N3O2. The second kappa shape index (κ2) is 10.1. The number of aromatic nitrogens is 3. The topological polar surface area (TPSA) is 68.1 Å². The molecule has 0 bridgehead atoms. The second-order valence-electron chi connectivity index (χ2n) is 10.5. The fourth-order valence-corrected chi connectivity index (χ4v) is 4.44. The van der Waals surface area contributed by atoms with Crippen LogP contribution in [-0.4, -0.2) is 20.1 Å². The lowest BCUT2D eigenvalue weighted by atomic mass is 9.85. The van der Waals surface area contributed by atoms with Crippen LogP contribution in [0.2, 0.25) is 0 Å². The Bertz CT molecular complexity index is 1580. The lowest BCUT2D eigenvalue weighted by Crippen LogP contribution is -2.11. The van der Waals surface area contributed by atoms with Crippen molar-refractivity contribution in [3.05, 3.63) is 108 Å². The Hall–Kier alpha value is -4.51. The minimum Gasteiger partial charge on any atom is -0.507 e. The van der Waals surface area contributed by atoms with E-state index in [-0.39, 0.29) is 11.2 Å². The molecule has 3 heterocycles. The average Bonchev–Trinajstić information content (AvgIpc) is 2.88. The van der Waals surface area contributed by atoms with Crippen molar-refractivity contribution in [1.29, 1.82) is 0 Å². The van der Waals surface area contributed by atoms with E-state index in [0.29, 0.717) is 22.9 Å². The maximum atomic E-state index is 10.7. The van der Waals surface area contributed by atoms with Crippen LogP contribution in [0.25, 0.3) is 33.6 Å². The van der Waals surface area contributed by atoms with Gasteiger partial charge in [-0.25, -0.2) is 9.97 Å². The monoisotopic (exact) mass is 501 g/mol. The summed E-state index contributed by atoms with van der Waals surface area (Å²) in [6.45, 7) is 10.5. The fraction of sp³-hybridized carbons (Fsp3) is 0.182. The zero-order valence-electron chi connectivity index (χ0n) is 22.4. The van der Waals surface area contributed by atoms with E-state index in [1.54, 1.807) is 12.3 Å². The van der Waals surface area contributed by atoms with Gasteiger partial charge >= 0.3 is 0 Å². The van der Waals surface area contributed by atoms with Gasteiger partial charge in [-0.3, -0.25) is 4.98 Å². The van der Waals surface area contributed by atoms with Crippen LogP contribution >= 0.6 is 0 Å². The van der Waals surface area contributed by atoms with E-state index in [1.165, 1.54) is 0 Å². The molecule has 38 heavy (non-hydrogen) atoms. The highest BCUT2D eigenvalue weighted by Crippen LogP contribution is 2.37. The molecule has 0 saturated carbocycles. The lowest BCUT2D eigenvalue weighted by molar-refractivity contribution is 0.460. The number of phenols is 1. The molecule has 5 aromatic rings. The molecule has 0 aliphatic heterocycles. The smallest absolute Gasteiger partial charge is 0.219 e. The van der Waals surface area contributed by atoms with E-state index in [1.807, 2.05) is 62.4 Å². The molecule has 5 heteroatoms. The lowest BCUT2D eigenvalue weighted by Gasteiger charge is -2.21. The normalized spacial score (nSPS) is 11.4. The van der Waals surface area contributed by atoms with Crippen molar-refractivity contribution in [2.75, 3.05) is 0 Å². The van der Waals surface area contributed by atoms with Crippen LogP contribution in [0.5, 0.6) is 17.4 Å². The average molecular weight is 502 g/mol. The van der Waals surface area contributed by atoms with Gasteiger partial charge in [0.25, 0.3) is 0 Å². The van der Waals surface area contributed by atoms with Gasteiger partial charge in [0.05, 0.1) is 11.4 Å². The number of benzene rings is 2. The van der Waals surface area contributed by atoms with Gasteiger partial charge in [0.2, 0.25) is 5.88 Å².